The monoisotopic (exact) mass is 351 g/mol. The Morgan fingerprint density at radius 1 is 1.52 bits per heavy atom. The molecule has 1 aliphatic rings. The molecule has 5 atom stereocenters. The van der Waals surface area contributed by atoms with E-state index in [4.69, 9.17) is 18.6 Å². The molecule has 23 heavy (non-hydrogen) atoms. The zero-order valence-corrected chi connectivity index (χ0v) is 16.0. The third kappa shape index (κ3) is 7.01. The Hall–Kier alpha value is -0.280. The van der Waals surface area contributed by atoms with Crippen LogP contribution in [0.2, 0.25) is 0 Å². The normalized spacial score (nSPS) is 30.3. The highest BCUT2D eigenvalue weighted by Crippen LogP contribution is 2.53. The zero-order valence-electron chi connectivity index (χ0n) is 17.1. The second-order valence-corrected chi connectivity index (χ2v) is 7.76. The second-order valence-electron chi connectivity index (χ2n) is 5.84. The molecule has 7 heteroatoms. The highest BCUT2D eigenvalue weighted by molar-refractivity contribution is 7.51. The first-order valence-electron chi connectivity index (χ1n) is 8.96. The minimum absolute atomic E-state index is 0.247. The lowest BCUT2D eigenvalue weighted by Gasteiger charge is -2.44. The molecule has 1 heterocycles. The van der Waals surface area contributed by atoms with E-state index in [-0.39, 0.29) is 23.8 Å². The topological polar surface area (TPSA) is 66.5 Å². The van der Waals surface area contributed by atoms with E-state index in [2.05, 4.69) is 42.3 Å². The maximum absolute atomic E-state index is 10.6. The van der Waals surface area contributed by atoms with Crippen molar-refractivity contribution in [2.24, 2.45) is 0 Å². The van der Waals surface area contributed by atoms with E-state index in [0.29, 0.717) is 19.8 Å². The Morgan fingerprint density at radius 3 is 2.57 bits per heavy atom. The van der Waals surface area contributed by atoms with Gasteiger partial charge in [0.05, 0.1) is 12.2 Å². The molecular formula is C16H33N2O4P. The van der Waals surface area contributed by atoms with E-state index in [1.807, 2.05) is 6.92 Å². The van der Waals surface area contributed by atoms with Crippen molar-refractivity contribution < 1.29 is 20.8 Å². The summed E-state index contributed by atoms with van der Waals surface area (Å²) in [6.45, 7) is 18.1. The predicted molar refractivity (Wildman–Crippen MR) is 94.4 cm³/mol. The number of rotatable bonds is 7. The van der Waals surface area contributed by atoms with Gasteiger partial charge in [-0.3, -0.25) is 4.67 Å². The molecule has 0 radical (unpaired) electrons. The molecule has 0 aliphatic carbocycles. The highest BCUT2D eigenvalue weighted by atomic mass is 31.2. The fraction of sp³-hybridized carbons (Fsp3) is 0.938. The van der Waals surface area contributed by atoms with E-state index in [0.717, 1.165) is 0 Å². The quantitative estimate of drug-likeness (QED) is 0.419. The van der Waals surface area contributed by atoms with Crippen LogP contribution in [0.15, 0.2) is 0 Å². The van der Waals surface area contributed by atoms with Gasteiger partial charge in [-0.05, 0) is 41.0 Å². The molecule has 1 fully saturated rings. The molecule has 0 spiro atoms. The Bertz CT molecular complexity index is 391. The molecule has 1 rings (SSSR count). The van der Waals surface area contributed by atoms with Crippen LogP contribution in [-0.2, 0) is 9.26 Å². The summed E-state index contributed by atoms with van der Waals surface area (Å²) in [7, 11) is 0.126. The van der Waals surface area contributed by atoms with E-state index in [1.165, 1.54) is 7.11 Å². The summed E-state index contributed by atoms with van der Waals surface area (Å²) in [5, 5.41) is 14.1. The van der Waals surface area contributed by atoms with E-state index >= 15 is 0 Å². The summed E-state index contributed by atoms with van der Waals surface area (Å²) < 4.78 is 27.7. The standard InChI is InChI=1S/C15H29N2O3P.CH4O/c1-11(2)17(12(3)4)21(20-10-8-16-6)14-7-9-19-13(5)15(14)18;1-2/h11-15,18H,7-10H2,1-5H3;2H,1H3/t13-,14?,15?,21+;/m0./s1/i7D;2T/t7-,13-,14?,15?,21+;. The summed E-state index contributed by atoms with van der Waals surface area (Å²) in [5.41, 5.74) is -0.283. The first-order valence-corrected chi connectivity index (χ1v) is 9.25. The number of ether oxygens (including phenoxy) is 1. The first kappa shape index (κ1) is 19.1. The SMILES string of the molecule is [2H][C@H]1CO[C@@H](C)C(O)C1[P@@](OCC[N+]#[C-])N(C(C)C)C(C)C.[3H]OC. The molecule has 6 nitrogen and oxygen atoms in total. The maximum Gasteiger partial charge on any atom is 0.238 e. The molecule has 0 saturated carbocycles. The minimum atomic E-state index is -1.17. The molecule has 2 N–H and O–H groups in total. The number of aliphatic hydroxyl groups excluding tert-OH is 2. The van der Waals surface area contributed by atoms with Gasteiger partial charge in [0.25, 0.3) is 0 Å². The Labute approximate surface area is 145 Å². The Balaban J connectivity index is 0.00000178. The van der Waals surface area contributed by atoms with Crippen LogP contribution < -0.4 is 0 Å². The molecule has 2 unspecified atom stereocenters. The van der Waals surface area contributed by atoms with Gasteiger partial charge in [-0.1, -0.05) is 0 Å². The van der Waals surface area contributed by atoms with Gasteiger partial charge in [0.1, 0.15) is 14.9 Å². The van der Waals surface area contributed by atoms with Crippen LogP contribution >= 0.6 is 8.30 Å². The molecular weight excluding hydrogens is 315 g/mol. The third-order valence-electron chi connectivity index (χ3n) is 3.50. The van der Waals surface area contributed by atoms with Crippen LogP contribution in [0.25, 0.3) is 4.85 Å². The van der Waals surface area contributed by atoms with Crippen molar-refractivity contribution in [3.63, 3.8) is 0 Å². The average molecular weight is 351 g/mol. The molecule has 136 valence electrons. The number of aliphatic hydroxyl groups is 2. The fourth-order valence-corrected chi connectivity index (χ4v) is 5.14. The van der Waals surface area contributed by atoms with Crippen molar-refractivity contribution in [1.29, 1.82) is 1.43 Å². The second kappa shape index (κ2) is 12.1. The lowest BCUT2D eigenvalue weighted by atomic mass is 10.1. The van der Waals surface area contributed by atoms with E-state index < -0.39 is 20.8 Å². The summed E-state index contributed by atoms with van der Waals surface area (Å²) in [6.07, 6.45) is -1.51. The molecule has 1 saturated heterocycles. The van der Waals surface area contributed by atoms with Gasteiger partial charge in [-0.15, -0.1) is 0 Å². The van der Waals surface area contributed by atoms with Gasteiger partial charge < -0.3 is 24.3 Å². The van der Waals surface area contributed by atoms with Crippen molar-refractivity contribution in [3.8, 4) is 0 Å². The lowest BCUT2D eigenvalue weighted by molar-refractivity contribution is -0.0630. The van der Waals surface area contributed by atoms with Crippen molar-refractivity contribution in [2.45, 2.75) is 71.0 Å². The van der Waals surface area contributed by atoms with Gasteiger partial charge in [0.2, 0.25) is 7.98 Å². The first-order chi connectivity index (χ1) is 11.7. The maximum atomic E-state index is 10.6. The van der Waals surface area contributed by atoms with E-state index in [9.17, 15) is 5.11 Å². The van der Waals surface area contributed by atoms with Gasteiger partial charge in [-0.2, -0.15) is 0 Å². The smallest absolute Gasteiger partial charge is 0.238 e. The van der Waals surface area contributed by atoms with Crippen LogP contribution in [0.3, 0.4) is 0 Å². The van der Waals surface area contributed by atoms with Crippen molar-refractivity contribution in [1.82, 2.24) is 4.67 Å². The molecule has 0 amide bonds. The summed E-state index contributed by atoms with van der Waals surface area (Å²) in [5.74, 6) is 0. The van der Waals surface area contributed by atoms with Gasteiger partial charge >= 0.3 is 0 Å². The minimum Gasteiger partial charge on any atom is -0.400 e. The Kier molecular flexibility index (Phi) is 10.1. The number of hydrogen-bond donors (Lipinski definition) is 2. The molecule has 1 aliphatic heterocycles. The summed E-state index contributed by atoms with van der Waals surface area (Å²) >= 11 is 0. The highest BCUT2D eigenvalue weighted by Gasteiger charge is 2.41. The summed E-state index contributed by atoms with van der Waals surface area (Å²) in [6, 6.07) is 0.494. The van der Waals surface area contributed by atoms with Crippen molar-refractivity contribution in [3.05, 3.63) is 11.4 Å². The van der Waals surface area contributed by atoms with Crippen molar-refractivity contribution in [2.75, 3.05) is 26.9 Å². The van der Waals surface area contributed by atoms with Crippen LogP contribution in [0.5, 0.6) is 0 Å². The fourth-order valence-electron chi connectivity index (χ4n) is 2.58. The van der Waals surface area contributed by atoms with Crippen LogP contribution in [0.4, 0.5) is 0 Å². The lowest BCUT2D eigenvalue weighted by Crippen LogP contribution is -2.46. The largest absolute Gasteiger partial charge is 0.400 e. The van der Waals surface area contributed by atoms with Crippen LogP contribution in [0, 0.1) is 6.57 Å². The van der Waals surface area contributed by atoms with E-state index in [1.54, 1.807) is 0 Å². The number of nitrogens with zero attached hydrogens (tertiary/aromatic N) is 2. The van der Waals surface area contributed by atoms with Crippen molar-refractivity contribution >= 4 is 8.30 Å². The van der Waals surface area contributed by atoms with Gasteiger partial charge in [0.15, 0.2) is 0 Å². The molecule has 0 bridgehead atoms. The summed E-state index contributed by atoms with van der Waals surface area (Å²) in [4.78, 5) is 3.34. The van der Waals surface area contributed by atoms with Gasteiger partial charge in [-0.25, -0.2) is 6.57 Å². The molecule has 0 aromatic heterocycles. The number of hydrogen-bond acceptors (Lipinski definition) is 5. The molecule has 0 aromatic carbocycles. The third-order valence-corrected chi connectivity index (χ3v) is 6.35. The Morgan fingerprint density at radius 2 is 2.09 bits per heavy atom. The van der Waals surface area contributed by atoms with Crippen LogP contribution in [0.1, 0.15) is 42.4 Å². The zero-order chi connectivity index (χ0) is 19.6. The van der Waals surface area contributed by atoms with Gasteiger partial charge in [0, 0.05) is 32.8 Å². The van der Waals surface area contributed by atoms with Crippen LogP contribution in [-0.4, -0.2) is 73.1 Å². The predicted octanol–water partition coefficient (Wildman–Crippen LogP) is 2.50. The molecule has 0 aromatic rings. The average Bonchev–Trinajstić information content (AvgIpc) is 2.51.